The average molecular weight is 541 g/mol. The zero-order valence-electron chi connectivity index (χ0n) is 21.7. The van der Waals surface area contributed by atoms with Gasteiger partial charge in [-0.15, -0.1) is 0 Å². The van der Waals surface area contributed by atoms with Gasteiger partial charge in [-0.05, 0) is 46.5 Å². The lowest BCUT2D eigenvalue weighted by Gasteiger charge is -2.24. The van der Waals surface area contributed by atoms with Crippen LogP contribution in [-0.4, -0.2) is 46.0 Å². The Labute approximate surface area is 231 Å². The number of halogens is 1. The van der Waals surface area contributed by atoms with Crippen LogP contribution in [-0.2, 0) is 11.3 Å². The Hall–Kier alpha value is -4.82. The molecule has 0 bridgehead atoms. The first-order chi connectivity index (χ1) is 19.4. The molecule has 4 aromatic carbocycles. The summed E-state index contributed by atoms with van der Waals surface area (Å²) in [6.45, 7) is -0.274. The zero-order chi connectivity index (χ0) is 28.5. The molecule has 3 N–H and O–H groups in total. The van der Waals surface area contributed by atoms with Crippen molar-refractivity contribution in [2.75, 3.05) is 13.2 Å². The summed E-state index contributed by atoms with van der Waals surface area (Å²) in [5.41, 5.74) is 3.01. The SMILES string of the molecule is O=C(O)CCN(Cc1ccc(F)cc1)C(=O)c1ccccc1-c1ccccc1C(=O)N[C@@H](CO)c1ccccc1. The monoisotopic (exact) mass is 540 g/mol. The molecule has 0 aliphatic carbocycles. The van der Waals surface area contributed by atoms with Crippen LogP contribution in [0.25, 0.3) is 11.1 Å². The lowest BCUT2D eigenvalue weighted by atomic mass is 9.94. The van der Waals surface area contributed by atoms with Crippen molar-refractivity contribution in [1.29, 1.82) is 0 Å². The molecule has 8 heteroatoms. The normalized spacial score (nSPS) is 11.4. The summed E-state index contributed by atoms with van der Waals surface area (Å²) in [4.78, 5) is 40.0. The third-order valence-corrected chi connectivity index (χ3v) is 6.48. The minimum Gasteiger partial charge on any atom is -0.481 e. The Balaban J connectivity index is 1.67. The van der Waals surface area contributed by atoms with Gasteiger partial charge >= 0.3 is 5.97 Å². The fourth-order valence-corrected chi connectivity index (χ4v) is 4.44. The van der Waals surface area contributed by atoms with E-state index in [1.165, 1.54) is 17.0 Å². The van der Waals surface area contributed by atoms with Crippen molar-refractivity contribution < 1.29 is 29.0 Å². The molecule has 0 aliphatic rings. The summed E-state index contributed by atoms with van der Waals surface area (Å²) in [7, 11) is 0. The van der Waals surface area contributed by atoms with Crippen molar-refractivity contribution in [1.82, 2.24) is 10.2 Å². The van der Waals surface area contributed by atoms with Crippen molar-refractivity contribution in [3.05, 3.63) is 131 Å². The van der Waals surface area contributed by atoms with E-state index in [2.05, 4.69) is 5.32 Å². The lowest BCUT2D eigenvalue weighted by Crippen LogP contribution is -2.33. The van der Waals surface area contributed by atoms with Gasteiger partial charge in [0, 0.05) is 24.2 Å². The summed E-state index contributed by atoms with van der Waals surface area (Å²) < 4.78 is 13.4. The third kappa shape index (κ3) is 6.98. The molecule has 7 nitrogen and oxygen atoms in total. The molecule has 1 atom stereocenters. The van der Waals surface area contributed by atoms with Crippen LogP contribution >= 0.6 is 0 Å². The number of nitrogens with zero attached hydrogens (tertiary/aromatic N) is 1. The van der Waals surface area contributed by atoms with Crippen molar-refractivity contribution >= 4 is 17.8 Å². The first-order valence-corrected chi connectivity index (χ1v) is 12.8. The van der Waals surface area contributed by atoms with E-state index < -0.39 is 29.6 Å². The molecule has 0 saturated heterocycles. The topological polar surface area (TPSA) is 107 Å². The van der Waals surface area contributed by atoms with E-state index in [0.717, 1.165) is 5.56 Å². The van der Waals surface area contributed by atoms with E-state index in [4.69, 9.17) is 0 Å². The van der Waals surface area contributed by atoms with Crippen LogP contribution in [0.3, 0.4) is 0 Å². The molecular weight excluding hydrogens is 511 g/mol. The number of rotatable bonds is 11. The maximum Gasteiger partial charge on any atom is 0.305 e. The Kier molecular flexibility index (Phi) is 9.38. The predicted molar refractivity (Wildman–Crippen MR) is 149 cm³/mol. The molecule has 0 aliphatic heterocycles. The number of aliphatic hydroxyl groups is 1. The average Bonchev–Trinajstić information content (AvgIpc) is 2.99. The van der Waals surface area contributed by atoms with E-state index in [-0.39, 0.29) is 31.7 Å². The molecular formula is C32H29FN2O5. The largest absolute Gasteiger partial charge is 0.481 e. The number of amides is 2. The number of carboxylic acid groups (broad SMARTS) is 1. The summed E-state index contributed by atoms with van der Waals surface area (Å²) in [6.07, 6.45) is -0.268. The molecule has 204 valence electrons. The highest BCUT2D eigenvalue weighted by atomic mass is 19.1. The molecule has 4 aromatic rings. The van der Waals surface area contributed by atoms with Crippen molar-refractivity contribution in [2.24, 2.45) is 0 Å². The van der Waals surface area contributed by atoms with Crippen molar-refractivity contribution in [3.63, 3.8) is 0 Å². The number of aliphatic hydroxyl groups excluding tert-OH is 1. The molecule has 4 rings (SSSR count). The first-order valence-electron chi connectivity index (χ1n) is 12.8. The standard InChI is InChI=1S/C32H29FN2O5/c33-24-16-14-22(15-17-24)20-35(19-18-30(37)38)32(40)28-13-7-5-11-26(28)25-10-4-6-12-27(25)31(39)34-29(21-36)23-8-2-1-3-9-23/h1-17,29,36H,18-21H2,(H,34,39)(H,37,38)/t29-/m0/s1. The number of carbonyl (C=O) groups excluding carboxylic acids is 2. The second-order valence-corrected chi connectivity index (χ2v) is 9.21. The fourth-order valence-electron chi connectivity index (χ4n) is 4.44. The molecule has 0 radical (unpaired) electrons. The Morgan fingerprint density at radius 2 is 1.35 bits per heavy atom. The van der Waals surface area contributed by atoms with Gasteiger partial charge in [0.05, 0.1) is 19.1 Å². The van der Waals surface area contributed by atoms with Gasteiger partial charge in [0.15, 0.2) is 0 Å². The van der Waals surface area contributed by atoms with Gasteiger partial charge in [-0.1, -0.05) is 78.9 Å². The molecule has 40 heavy (non-hydrogen) atoms. The number of carbonyl (C=O) groups is 3. The van der Waals surface area contributed by atoms with Gasteiger partial charge in [-0.25, -0.2) is 4.39 Å². The predicted octanol–water partition coefficient (Wildman–Crippen LogP) is 5.07. The molecule has 2 amide bonds. The lowest BCUT2D eigenvalue weighted by molar-refractivity contribution is -0.137. The van der Waals surface area contributed by atoms with Gasteiger partial charge in [0.25, 0.3) is 11.8 Å². The van der Waals surface area contributed by atoms with Crippen LogP contribution in [0.5, 0.6) is 0 Å². The highest BCUT2D eigenvalue weighted by Crippen LogP contribution is 2.29. The first kappa shape index (κ1) is 28.2. The van der Waals surface area contributed by atoms with Crippen LogP contribution in [0, 0.1) is 5.82 Å². The smallest absolute Gasteiger partial charge is 0.305 e. The van der Waals surface area contributed by atoms with Gasteiger partial charge in [0.1, 0.15) is 5.82 Å². The number of carboxylic acids is 1. The molecule has 0 saturated carbocycles. The Morgan fingerprint density at radius 3 is 1.98 bits per heavy atom. The van der Waals surface area contributed by atoms with Crippen LogP contribution in [0.2, 0.25) is 0 Å². The summed E-state index contributed by atoms with van der Waals surface area (Å²) >= 11 is 0. The number of aliphatic carboxylic acids is 1. The van der Waals surface area contributed by atoms with Crippen LogP contribution in [0.4, 0.5) is 4.39 Å². The van der Waals surface area contributed by atoms with Crippen molar-refractivity contribution in [3.8, 4) is 11.1 Å². The third-order valence-electron chi connectivity index (χ3n) is 6.48. The summed E-state index contributed by atoms with van der Waals surface area (Å²) in [6, 6.07) is 27.8. The molecule has 0 fully saturated rings. The fraction of sp³-hybridized carbons (Fsp3) is 0.156. The van der Waals surface area contributed by atoms with Crippen molar-refractivity contribution in [2.45, 2.75) is 19.0 Å². The highest BCUT2D eigenvalue weighted by Gasteiger charge is 2.24. The van der Waals surface area contributed by atoms with E-state index in [9.17, 15) is 29.0 Å². The van der Waals surface area contributed by atoms with Gasteiger partial charge in [0.2, 0.25) is 0 Å². The highest BCUT2D eigenvalue weighted by molar-refractivity contribution is 6.06. The second-order valence-electron chi connectivity index (χ2n) is 9.21. The van der Waals surface area contributed by atoms with E-state index in [1.54, 1.807) is 60.7 Å². The van der Waals surface area contributed by atoms with Crippen LogP contribution < -0.4 is 5.32 Å². The number of nitrogens with one attached hydrogen (secondary N) is 1. The minimum absolute atomic E-state index is 0.0583. The van der Waals surface area contributed by atoms with Gasteiger partial charge in [-0.3, -0.25) is 14.4 Å². The van der Waals surface area contributed by atoms with E-state index in [1.807, 2.05) is 30.3 Å². The number of hydrogen-bond donors (Lipinski definition) is 3. The molecule has 0 unspecified atom stereocenters. The van der Waals surface area contributed by atoms with E-state index in [0.29, 0.717) is 22.3 Å². The molecule has 0 spiro atoms. The number of hydrogen-bond acceptors (Lipinski definition) is 4. The number of benzene rings is 4. The maximum atomic E-state index is 13.8. The summed E-state index contributed by atoms with van der Waals surface area (Å²) in [5, 5.41) is 22.1. The van der Waals surface area contributed by atoms with E-state index >= 15 is 0 Å². The Morgan fingerprint density at radius 1 is 0.775 bits per heavy atom. The zero-order valence-corrected chi connectivity index (χ0v) is 21.7. The van der Waals surface area contributed by atoms with Crippen LogP contribution in [0.15, 0.2) is 103 Å². The second kappa shape index (κ2) is 13.3. The summed E-state index contributed by atoms with van der Waals surface area (Å²) in [5.74, 6) is -2.31. The maximum absolute atomic E-state index is 13.8. The molecule has 0 aromatic heterocycles. The Bertz CT molecular complexity index is 1470. The quantitative estimate of drug-likeness (QED) is 0.246. The van der Waals surface area contributed by atoms with Gasteiger partial charge in [-0.2, -0.15) is 0 Å². The molecule has 0 heterocycles. The minimum atomic E-state index is -1.05. The van der Waals surface area contributed by atoms with Crippen LogP contribution in [0.1, 0.15) is 44.3 Å². The van der Waals surface area contributed by atoms with Gasteiger partial charge < -0.3 is 20.4 Å².